The molecule has 0 atom stereocenters. The molecule has 0 unspecified atom stereocenters. The monoisotopic (exact) mass is 290 g/mol. The fourth-order valence-electron chi connectivity index (χ4n) is 1.10. The van der Waals surface area contributed by atoms with Gasteiger partial charge in [0.25, 0.3) is 0 Å². The Morgan fingerprint density at radius 3 is 1.73 bits per heavy atom. The highest BCUT2D eigenvalue weighted by atomic mass is 32.2. The smallest absolute Gasteiger partial charge is 0.150 e. The Hall–Kier alpha value is 0.440. The second-order valence-corrected chi connectivity index (χ2v) is 8.46. The molecule has 0 aliphatic carbocycles. The highest BCUT2D eigenvalue weighted by Gasteiger charge is 2.28. The molecule has 2 nitrogen and oxygen atoms in total. The van der Waals surface area contributed by atoms with E-state index in [0.29, 0.717) is 0 Å². The van der Waals surface area contributed by atoms with Crippen LogP contribution in [0.1, 0.15) is 13.8 Å². The maximum Gasteiger partial charge on any atom is 0.150 e. The van der Waals surface area contributed by atoms with Gasteiger partial charge in [0.1, 0.15) is 10.1 Å². The summed E-state index contributed by atoms with van der Waals surface area (Å²) in [6.45, 7) is 4.35. The van der Waals surface area contributed by atoms with Crippen molar-refractivity contribution in [2.24, 2.45) is 0 Å². The molecule has 0 saturated heterocycles. The van der Waals surface area contributed by atoms with E-state index >= 15 is 0 Å². The summed E-state index contributed by atoms with van der Waals surface area (Å²) in [4.78, 5) is 2.83. The zero-order chi connectivity index (χ0) is 10.4. The number of hydrogen-bond donors (Lipinski definition) is 0. The molecule has 2 aliphatic heterocycles. The molecule has 0 amide bonds. The van der Waals surface area contributed by atoms with E-state index in [1.165, 1.54) is 30.0 Å². The average Bonchev–Trinajstić information content (AvgIpc) is 2.80. The van der Waals surface area contributed by atoms with Crippen molar-refractivity contribution < 1.29 is 0 Å². The summed E-state index contributed by atoms with van der Waals surface area (Å²) >= 11 is 8.56. The predicted octanol–water partition coefficient (Wildman–Crippen LogP) is 4.59. The minimum atomic E-state index is 1.08. The van der Waals surface area contributed by atoms with Crippen LogP contribution in [-0.2, 0) is 0 Å². The standard InChI is InChI=1S/C8H6N2S5/c1-3-4(2)12-7(11-3)8-13-5-6(14-8)10-15-9-5/h1-2H3. The molecule has 1 aromatic rings. The van der Waals surface area contributed by atoms with Crippen LogP contribution in [0.3, 0.4) is 0 Å². The largest absolute Gasteiger partial charge is 0.165 e. The number of nitrogens with zero attached hydrogens (tertiary/aromatic N) is 2. The topological polar surface area (TPSA) is 25.8 Å². The van der Waals surface area contributed by atoms with Crippen LogP contribution < -0.4 is 0 Å². The molecule has 0 fully saturated rings. The maximum absolute atomic E-state index is 4.26. The second-order valence-electron chi connectivity index (χ2n) is 2.97. The molecular formula is C8H6N2S5. The van der Waals surface area contributed by atoms with E-state index in [1.54, 1.807) is 23.5 Å². The van der Waals surface area contributed by atoms with Gasteiger partial charge in [0, 0.05) is 0 Å². The van der Waals surface area contributed by atoms with Crippen molar-refractivity contribution >= 4 is 58.8 Å². The summed E-state index contributed by atoms with van der Waals surface area (Å²) in [6.07, 6.45) is 0. The van der Waals surface area contributed by atoms with Gasteiger partial charge in [-0.25, -0.2) is 0 Å². The van der Waals surface area contributed by atoms with Crippen molar-refractivity contribution in [3.63, 3.8) is 0 Å². The summed E-state index contributed by atoms with van der Waals surface area (Å²) in [5.74, 6) is 0. The first-order valence-electron chi connectivity index (χ1n) is 4.20. The lowest BCUT2D eigenvalue weighted by Gasteiger charge is -1.99. The zero-order valence-electron chi connectivity index (χ0n) is 7.94. The van der Waals surface area contributed by atoms with Crippen LogP contribution >= 0.6 is 58.8 Å². The zero-order valence-corrected chi connectivity index (χ0v) is 12.0. The Morgan fingerprint density at radius 2 is 1.20 bits per heavy atom. The van der Waals surface area contributed by atoms with Gasteiger partial charge in [-0.15, -0.1) is 0 Å². The third kappa shape index (κ3) is 1.88. The van der Waals surface area contributed by atoms with Gasteiger partial charge in [-0.2, -0.15) is 8.75 Å². The molecule has 0 radical (unpaired) electrons. The van der Waals surface area contributed by atoms with Crippen LogP contribution in [0.25, 0.3) is 0 Å². The number of fused-ring (bicyclic) bond motifs is 1. The molecule has 3 rings (SSSR count). The number of hydrogen-bond acceptors (Lipinski definition) is 7. The van der Waals surface area contributed by atoms with Gasteiger partial charge < -0.3 is 0 Å². The Bertz CT molecular complexity index is 448. The molecule has 0 saturated carbocycles. The number of allylic oxidation sites excluding steroid dienone is 2. The van der Waals surface area contributed by atoms with Crippen LogP contribution in [-0.4, -0.2) is 8.75 Å². The Kier molecular flexibility index (Phi) is 2.84. The van der Waals surface area contributed by atoms with Crippen molar-refractivity contribution in [1.82, 2.24) is 8.75 Å². The number of rotatable bonds is 0. The molecule has 3 heterocycles. The third-order valence-electron chi connectivity index (χ3n) is 1.96. The molecule has 15 heavy (non-hydrogen) atoms. The number of aromatic nitrogens is 2. The normalized spacial score (nSPS) is 20.4. The lowest BCUT2D eigenvalue weighted by atomic mass is 10.6. The maximum atomic E-state index is 4.26. The molecule has 78 valence electrons. The van der Waals surface area contributed by atoms with Crippen LogP contribution in [0, 0.1) is 0 Å². The molecule has 0 spiro atoms. The van der Waals surface area contributed by atoms with E-state index in [0.717, 1.165) is 10.1 Å². The first-order valence-corrected chi connectivity index (χ1v) is 8.19. The minimum absolute atomic E-state index is 1.08. The fraction of sp³-hybridized carbons (Fsp3) is 0.250. The first-order chi connectivity index (χ1) is 7.24. The van der Waals surface area contributed by atoms with Gasteiger partial charge >= 0.3 is 0 Å². The summed E-state index contributed by atoms with van der Waals surface area (Å²) in [5, 5.41) is 2.16. The van der Waals surface area contributed by atoms with Gasteiger partial charge in [0.2, 0.25) is 0 Å². The van der Waals surface area contributed by atoms with Gasteiger partial charge in [0.05, 0.1) is 20.2 Å². The first kappa shape index (κ1) is 10.6. The quantitative estimate of drug-likeness (QED) is 0.693. The van der Waals surface area contributed by atoms with Crippen LogP contribution in [0.5, 0.6) is 0 Å². The summed E-state index contributed by atoms with van der Waals surface area (Å²) in [7, 11) is 0. The van der Waals surface area contributed by atoms with Crippen LogP contribution in [0.4, 0.5) is 0 Å². The third-order valence-corrected chi connectivity index (χ3v) is 8.24. The van der Waals surface area contributed by atoms with Crippen LogP contribution in [0.15, 0.2) is 28.3 Å². The fourth-order valence-corrected chi connectivity index (χ4v) is 6.93. The number of thioether (sulfide) groups is 4. The Morgan fingerprint density at radius 1 is 0.733 bits per heavy atom. The van der Waals surface area contributed by atoms with E-state index in [2.05, 4.69) is 22.6 Å². The van der Waals surface area contributed by atoms with E-state index in [9.17, 15) is 0 Å². The van der Waals surface area contributed by atoms with Crippen molar-refractivity contribution in [2.75, 3.05) is 0 Å². The van der Waals surface area contributed by atoms with E-state index in [-0.39, 0.29) is 0 Å². The molecule has 7 heteroatoms. The molecular weight excluding hydrogens is 284 g/mol. The highest BCUT2D eigenvalue weighted by Crippen LogP contribution is 2.59. The van der Waals surface area contributed by atoms with Crippen molar-refractivity contribution in [1.29, 1.82) is 0 Å². The van der Waals surface area contributed by atoms with E-state index in [4.69, 9.17) is 0 Å². The van der Waals surface area contributed by atoms with Crippen LogP contribution in [0.2, 0.25) is 0 Å². The van der Waals surface area contributed by atoms with Crippen molar-refractivity contribution in [3.8, 4) is 0 Å². The lowest BCUT2D eigenvalue weighted by Crippen LogP contribution is -1.67. The van der Waals surface area contributed by atoms with Gasteiger partial charge in [-0.05, 0) is 23.7 Å². The predicted molar refractivity (Wildman–Crippen MR) is 72.2 cm³/mol. The van der Waals surface area contributed by atoms with E-state index in [1.807, 2.05) is 23.5 Å². The second kappa shape index (κ2) is 4.03. The molecule has 1 aromatic heterocycles. The van der Waals surface area contributed by atoms with E-state index < -0.39 is 0 Å². The SMILES string of the molecule is CC1=C(C)SC(=C2Sc3nsnc3S2)S1. The Labute approximate surface area is 109 Å². The highest BCUT2D eigenvalue weighted by molar-refractivity contribution is 8.32. The van der Waals surface area contributed by atoms with Gasteiger partial charge in [-0.1, -0.05) is 47.0 Å². The molecule has 0 bridgehead atoms. The summed E-state index contributed by atoms with van der Waals surface area (Å²) in [5.41, 5.74) is 0. The lowest BCUT2D eigenvalue weighted by molar-refractivity contribution is 1.10. The molecule has 0 N–H and O–H groups in total. The molecule has 2 aliphatic rings. The van der Waals surface area contributed by atoms with Gasteiger partial charge in [-0.3, -0.25) is 0 Å². The Balaban J connectivity index is 1.88. The summed E-state index contributed by atoms with van der Waals surface area (Å²) in [6, 6.07) is 0. The van der Waals surface area contributed by atoms with Gasteiger partial charge in [0.15, 0.2) is 0 Å². The van der Waals surface area contributed by atoms with Crippen molar-refractivity contribution in [3.05, 3.63) is 18.3 Å². The molecule has 0 aromatic carbocycles. The average molecular weight is 290 g/mol. The minimum Gasteiger partial charge on any atom is -0.165 e. The summed E-state index contributed by atoms with van der Waals surface area (Å²) < 4.78 is 11.3. The van der Waals surface area contributed by atoms with Crippen molar-refractivity contribution in [2.45, 2.75) is 23.9 Å².